The highest BCUT2D eigenvalue weighted by Gasteiger charge is 2.51. The summed E-state index contributed by atoms with van der Waals surface area (Å²) in [7, 11) is -3.16. The van der Waals surface area contributed by atoms with Gasteiger partial charge in [0.2, 0.25) is 0 Å². The lowest BCUT2D eigenvalue weighted by Crippen LogP contribution is -2.32. The minimum Gasteiger partial charge on any atom is -0.456 e. The van der Waals surface area contributed by atoms with E-state index < -0.39 is 12.6 Å². The molecule has 0 unspecified atom stereocenters. The molecule has 1 spiro atoms. The Morgan fingerprint density at radius 1 is 0.413 bits per heavy atom. The molecule has 2 aliphatic rings. The van der Waals surface area contributed by atoms with Crippen LogP contribution >= 0.6 is 7.14 Å². The minimum atomic E-state index is -3.16. The molecule has 0 aromatic heterocycles. The van der Waals surface area contributed by atoms with Crippen LogP contribution in [0.3, 0.4) is 0 Å². The number of ether oxygens (including phenoxy) is 1. The van der Waals surface area contributed by atoms with Crippen molar-refractivity contribution in [3.8, 4) is 33.8 Å². The fraction of sp³-hybridized carbons (Fsp3) is 0.0233. The van der Waals surface area contributed by atoms with Crippen molar-refractivity contribution in [1.29, 1.82) is 0 Å². The zero-order valence-corrected chi connectivity index (χ0v) is 25.9. The van der Waals surface area contributed by atoms with Crippen LogP contribution in [0.4, 0.5) is 0 Å². The predicted molar refractivity (Wildman–Crippen MR) is 189 cm³/mol. The Hall–Kier alpha value is -5.43. The molecule has 0 N–H and O–H groups in total. The Balaban J connectivity index is 1.30. The quantitative estimate of drug-likeness (QED) is 0.186. The van der Waals surface area contributed by atoms with Gasteiger partial charge in [0.15, 0.2) is 7.14 Å². The van der Waals surface area contributed by atoms with E-state index in [0.717, 1.165) is 49.7 Å². The first-order valence-electron chi connectivity index (χ1n) is 15.6. The third kappa shape index (κ3) is 3.68. The Morgan fingerprint density at radius 3 is 1.54 bits per heavy atom. The highest BCUT2D eigenvalue weighted by molar-refractivity contribution is 7.85. The molecule has 2 nitrogen and oxygen atoms in total. The van der Waals surface area contributed by atoms with E-state index in [1.54, 1.807) is 0 Å². The van der Waals surface area contributed by atoms with Crippen molar-refractivity contribution in [2.75, 3.05) is 0 Å². The van der Waals surface area contributed by atoms with Crippen LogP contribution in [-0.2, 0) is 9.98 Å². The predicted octanol–water partition coefficient (Wildman–Crippen LogP) is 9.46. The molecule has 7 aromatic rings. The fourth-order valence-corrected chi connectivity index (χ4v) is 10.4. The molecule has 1 aliphatic heterocycles. The molecule has 0 radical (unpaired) electrons. The van der Waals surface area contributed by atoms with E-state index in [9.17, 15) is 0 Å². The molecule has 0 saturated carbocycles. The SMILES string of the molecule is O=P(c1ccccc1)(c1ccccc1)c1cccc(-c2cccc3c2Oc2ccccc2C32c3ccccc3-c3ccccc32)c1. The van der Waals surface area contributed by atoms with E-state index in [4.69, 9.17) is 4.74 Å². The summed E-state index contributed by atoms with van der Waals surface area (Å²) in [5.41, 5.74) is 8.68. The molecular weight excluding hydrogens is 579 g/mol. The molecule has 0 saturated heterocycles. The van der Waals surface area contributed by atoms with E-state index >= 15 is 4.57 Å². The first-order chi connectivity index (χ1) is 22.7. The van der Waals surface area contributed by atoms with E-state index in [1.165, 1.54) is 22.3 Å². The van der Waals surface area contributed by atoms with Gasteiger partial charge in [0.25, 0.3) is 0 Å². The molecular formula is C43H29O2P. The lowest BCUT2D eigenvalue weighted by Gasteiger charge is -2.40. The van der Waals surface area contributed by atoms with Crippen molar-refractivity contribution >= 4 is 23.1 Å². The lowest BCUT2D eigenvalue weighted by atomic mass is 9.65. The maximum atomic E-state index is 15.3. The monoisotopic (exact) mass is 608 g/mol. The van der Waals surface area contributed by atoms with Gasteiger partial charge < -0.3 is 9.30 Å². The van der Waals surface area contributed by atoms with Gasteiger partial charge in [-0.3, -0.25) is 0 Å². The number of hydrogen-bond donors (Lipinski definition) is 0. The van der Waals surface area contributed by atoms with Crippen LogP contribution in [0.5, 0.6) is 11.5 Å². The summed E-state index contributed by atoms with van der Waals surface area (Å²) in [6, 6.07) is 60.4. The molecule has 0 bridgehead atoms. The molecule has 218 valence electrons. The van der Waals surface area contributed by atoms with Gasteiger partial charge in [-0.2, -0.15) is 0 Å². The summed E-state index contributed by atoms with van der Waals surface area (Å²) in [4.78, 5) is 0. The number of rotatable bonds is 4. The third-order valence-corrected chi connectivity index (χ3v) is 12.7. The van der Waals surface area contributed by atoms with Gasteiger partial charge in [0.05, 0.1) is 5.41 Å². The molecule has 0 amide bonds. The lowest BCUT2D eigenvalue weighted by molar-refractivity contribution is 0.438. The summed E-state index contributed by atoms with van der Waals surface area (Å²) in [5, 5.41) is 2.43. The van der Waals surface area contributed by atoms with Gasteiger partial charge >= 0.3 is 0 Å². The number of benzene rings is 7. The van der Waals surface area contributed by atoms with Gasteiger partial charge in [-0.1, -0.05) is 164 Å². The number of fused-ring (bicyclic) bond motifs is 9. The highest BCUT2D eigenvalue weighted by Crippen LogP contribution is 2.63. The number of para-hydroxylation sites is 2. The van der Waals surface area contributed by atoms with Crippen LogP contribution in [0, 0.1) is 0 Å². The normalized spacial score (nSPS) is 13.7. The standard InChI is InChI=1S/C43H29O2P/c44-46(31-16-3-1-4-17-31,32-18-5-2-6-19-32)33-20-13-15-30(29-33)34-23-14-27-40-42(34)45-41-28-12-11-26-39(41)43(40)37-24-9-7-21-35(37)36-22-8-10-25-38(36)43/h1-29H. The average Bonchev–Trinajstić information content (AvgIpc) is 3.43. The summed E-state index contributed by atoms with van der Waals surface area (Å²) in [6.45, 7) is 0. The molecule has 7 aromatic carbocycles. The van der Waals surface area contributed by atoms with Gasteiger partial charge in [-0.15, -0.1) is 0 Å². The second-order valence-corrected chi connectivity index (χ2v) is 14.7. The summed E-state index contributed by atoms with van der Waals surface area (Å²) >= 11 is 0. The molecule has 0 fully saturated rings. The van der Waals surface area contributed by atoms with Crippen molar-refractivity contribution < 1.29 is 9.30 Å². The van der Waals surface area contributed by atoms with Crippen molar-refractivity contribution in [3.63, 3.8) is 0 Å². The molecule has 9 rings (SSSR count). The maximum absolute atomic E-state index is 15.3. The van der Waals surface area contributed by atoms with Crippen molar-refractivity contribution in [1.82, 2.24) is 0 Å². The Kier molecular flexibility index (Phi) is 6.03. The summed E-state index contributed by atoms with van der Waals surface area (Å²) in [5.74, 6) is 1.68. The zero-order chi connectivity index (χ0) is 30.7. The van der Waals surface area contributed by atoms with Gasteiger partial charge in [-0.25, -0.2) is 0 Å². The van der Waals surface area contributed by atoms with E-state index in [-0.39, 0.29) is 0 Å². The Morgan fingerprint density at radius 2 is 0.891 bits per heavy atom. The van der Waals surface area contributed by atoms with E-state index in [2.05, 4.69) is 97.1 Å². The topological polar surface area (TPSA) is 26.3 Å². The van der Waals surface area contributed by atoms with E-state index in [0.29, 0.717) is 0 Å². The largest absolute Gasteiger partial charge is 0.456 e. The van der Waals surface area contributed by atoms with Crippen LogP contribution in [0.15, 0.2) is 176 Å². The van der Waals surface area contributed by atoms with Crippen LogP contribution < -0.4 is 20.7 Å². The summed E-state index contributed by atoms with van der Waals surface area (Å²) < 4.78 is 22.2. The minimum absolute atomic E-state index is 0.533. The van der Waals surface area contributed by atoms with Crippen molar-refractivity contribution in [2.24, 2.45) is 0 Å². The molecule has 1 heterocycles. The van der Waals surface area contributed by atoms with Crippen molar-refractivity contribution in [2.45, 2.75) is 5.41 Å². The zero-order valence-electron chi connectivity index (χ0n) is 25.0. The van der Waals surface area contributed by atoms with Gasteiger partial charge in [0.1, 0.15) is 11.5 Å². The van der Waals surface area contributed by atoms with Gasteiger partial charge in [-0.05, 0) is 39.9 Å². The first-order valence-corrected chi connectivity index (χ1v) is 17.3. The summed E-state index contributed by atoms with van der Waals surface area (Å²) in [6.07, 6.45) is 0. The highest BCUT2D eigenvalue weighted by atomic mass is 31.2. The van der Waals surface area contributed by atoms with Crippen LogP contribution in [0.1, 0.15) is 22.3 Å². The second-order valence-electron chi connectivity index (χ2n) is 12.0. The van der Waals surface area contributed by atoms with Crippen LogP contribution in [0.2, 0.25) is 0 Å². The Bertz CT molecular complexity index is 2240. The molecule has 1 aliphatic carbocycles. The van der Waals surface area contributed by atoms with Gasteiger partial charge in [0, 0.05) is 32.6 Å². The smallest absolute Gasteiger partial charge is 0.171 e. The molecule has 0 atom stereocenters. The number of hydrogen-bond acceptors (Lipinski definition) is 2. The van der Waals surface area contributed by atoms with E-state index in [1.807, 2.05) is 78.9 Å². The second kappa shape index (κ2) is 10.3. The van der Waals surface area contributed by atoms with Crippen LogP contribution in [-0.4, -0.2) is 0 Å². The average molecular weight is 609 g/mol. The first kappa shape index (κ1) is 26.9. The Labute approximate surface area is 269 Å². The fourth-order valence-electron chi connectivity index (χ4n) is 7.70. The molecule has 46 heavy (non-hydrogen) atoms. The molecule has 3 heteroatoms. The maximum Gasteiger partial charge on any atom is 0.171 e. The third-order valence-electron chi connectivity index (χ3n) is 9.63. The van der Waals surface area contributed by atoms with Crippen molar-refractivity contribution in [3.05, 3.63) is 198 Å². The van der Waals surface area contributed by atoms with Crippen LogP contribution in [0.25, 0.3) is 22.3 Å².